The highest BCUT2D eigenvalue weighted by Gasteiger charge is 2.62. The molecule has 5 heterocycles. The zero-order chi connectivity index (χ0) is 65.8. The summed E-state index contributed by atoms with van der Waals surface area (Å²) in [6.45, 7) is 13.8. The van der Waals surface area contributed by atoms with Crippen molar-refractivity contribution in [1.82, 2.24) is 10.6 Å². The van der Waals surface area contributed by atoms with E-state index in [-0.39, 0.29) is 28.4 Å². The molecular weight excluding hydrogens is 1190 g/mol. The Morgan fingerprint density at radius 3 is 1.71 bits per heavy atom. The van der Waals surface area contributed by atoms with E-state index in [0.29, 0.717) is 24.7 Å². The molecule has 0 aromatic carbocycles. The van der Waals surface area contributed by atoms with Gasteiger partial charge in [0.25, 0.3) is 0 Å². The molecular formula is C62H100N2O26. The first-order valence-electron chi connectivity index (χ1n) is 31.9. The number of ketones is 1. The molecule has 0 unspecified atom stereocenters. The van der Waals surface area contributed by atoms with E-state index >= 15 is 0 Å². The molecule has 5 aliphatic heterocycles. The van der Waals surface area contributed by atoms with E-state index in [9.17, 15) is 80.8 Å². The molecule has 2 saturated carbocycles. The second-order valence-corrected chi connectivity index (χ2v) is 28.1. The van der Waals surface area contributed by atoms with Crippen LogP contribution in [0.4, 0.5) is 0 Å². The van der Waals surface area contributed by atoms with E-state index in [2.05, 4.69) is 45.3 Å². The smallest absolute Gasteiger partial charge is 0.217 e. The lowest BCUT2D eigenvalue weighted by Crippen LogP contribution is -2.68. The lowest BCUT2D eigenvalue weighted by Gasteiger charge is -2.61. The number of ether oxygens (including phenoxy) is 10. The number of hydrogen-bond acceptors (Lipinski definition) is 26. The van der Waals surface area contributed by atoms with Crippen LogP contribution < -0.4 is 10.6 Å². The maximum Gasteiger partial charge on any atom is 0.217 e. The van der Waals surface area contributed by atoms with Crippen LogP contribution in [0.25, 0.3) is 0 Å². The molecule has 514 valence electrons. The standard InChI is InChI=1S/C62H100N2O26/c1-25(2)18-29(70)19-26(3)31-11-12-32-30-10-13-39-60(6,7)40(15-17-62(39,9)33(30)14-16-61(31,32)8)88-59-53(47(75)38(24-82-59)87-55-41(63-27(4)68)48(76)43(71)34(20-65)83-55)89-56-42(64-28(5)69)49(77)46(74)37(86-56)23-81-58-54(51(79)45(73)36(22-67)85-58)90-57-52(80)50(78)44(72)35(21-66)84-57/h18,26,31-32,34-59,65-67,71-80H,10-17,19-24H2,1-9H3,(H,63,68)(H,64,69)/t26-,31-,32+,34-,35-,36-,37-,38-,39+,40+,41-,42-,43+,44-,45-,46-,47+,48-,49-,50+,51+,52-,53-,54-,55+,56+,57+,58-,59+,61-,62-/m1/s1. The Morgan fingerprint density at radius 2 is 1.11 bits per heavy atom. The topological polar surface area (TPSA) is 431 Å². The zero-order valence-corrected chi connectivity index (χ0v) is 52.8. The molecule has 31 atom stereocenters. The number of nitrogens with one attached hydrogen (secondary N) is 2. The van der Waals surface area contributed by atoms with Crippen molar-refractivity contribution in [2.75, 3.05) is 33.0 Å². The highest BCUT2D eigenvalue weighted by Crippen LogP contribution is 2.68. The molecule has 28 nitrogen and oxygen atoms in total. The van der Waals surface area contributed by atoms with E-state index in [1.54, 1.807) is 11.6 Å². The SMILES string of the molecule is CC(=O)N[C@H]1[C@H](O[C@@H]2CO[C@@H](O[C@H]3CC[C@]4(C)C5=C(CC[C@H]4C3(C)C)[C@@H]3CC[C@H]([C@H](C)CC(=O)C=C(C)C)[C@@]3(C)CC5)[C@H](O[C@@H]3O[C@H](CO[C@@H]4O[C@H](CO)[C@@H](O)[C@H](O)[C@H]4O[C@@H]4O[C@H](CO)[C@@H](O)[C@H](O)[C@H]4O)[C@@H](O)[C@H](O)[C@H]3NC(C)=O)[C@H]2O)O[C@H](CO)[C@H](O)[C@@H]1O. The predicted octanol–water partition coefficient (Wildman–Crippen LogP) is -2.68. The van der Waals surface area contributed by atoms with Crippen molar-refractivity contribution < 1.29 is 128 Å². The first-order valence-corrected chi connectivity index (χ1v) is 31.9. The molecule has 0 radical (unpaired) electrons. The molecule has 9 rings (SSSR count). The largest absolute Gasteiger partial charge is 0.394 e. The van der Waals surface area contributed by atoms with Crippen LogP contribution in [0.15, 0.2) is 22.8 Å². The highest BCUT2D eigenvalue weighted by molar-refractivity contribution is 5.90. The second kappa shape index (κ2) is 28.9. The molecule has 0 bridgehead atoms. The van der Waals surface area contributed by atoms with Crippen LogP contribution in [0, 0.1) is 39.9 Å². The minimum atomic E-state index is -1.99. The summed E-state index contributed by atoms with van der Waals surface area (Å²) in [5.41, 5.74) is 3.39. The van der Waals surface area contributed by atoms with Gasteiger partial charge >= 0.3 is 0 Å². The van der Waals surface area contributed by atoms with Gasteiger partial charge in [-0.1, -0.05) is 51.3 Å². The Balaban J connectivity index is 0.984. The van der Waals surface area contributed by atoms with Gasteiger partial charge in [0.05, 0.1) is 39.1 Å². The van der Waals surface area contributed by atoms with Gasteiger partial charge in [0.2, 0.25) is 11.8 Å². The van der Waals surface area contributed by atoms with E-state index < -0.39 is 204 Å². The normalized spacial score (nSPS) is 47.3. The third kappa shape index (κ3) is 14.1. The van der Waals surface area contributed by atoms with Crippen LogP contribution in [-0.4, -0.2) is 270 Å². The fourth-order valence-corrected chi connectivity index (χ4v) is 17.0. The predicted molar refractivity (Wildman–Crippen MR) is 309 cm³/mol. The number of aliphatic hydroxyl groups is 13. The van der Waals surface area contributed by atoms with E-state index in [1.807, 2.05) is 13.8 Å². The molecule has 15 N–H and O–H groups in total. The summed E-state index contributed by atoms with van der Waals surface area (Å²) in [5, 5.41) is 147. The third-order valence-corrected chi connectivity index (χ3v) is 21.6. The van der Waals surface area contributed by atoms with Crippen molar-refractivity contribution in [2.45, 2.75) is 274 Å². The zero-order valence-electron chi connectivity index (χ0n) is 52.8. The summed E-state index contributed by atoms with van der Waals surface area (Å²) in [6, 6.07) is -3.06. The van der Waals surface area contributed by atoms with Crippen LogP contribution >= 0.6 is 0 Å². The van der Waals surface area contributed by atoms with Gasteiger partial charge in [0.1, 0.15) is 116 Å². The van der Waals surface area contributed by atoms with Gasteiger partial charge in [0, 0.05) is 20.3 Å². The summed E-state index contributed by atoms with van der Waals surface area (Å²) in [4.78, 5) is 38.4. The molecule has 2 amide bonds. The number of hydrogen-bond donors (Lipinski definition) is 15. The highest BCUT2D eigenvalue weighted by atomic mass is 16.8. The van der Waals surface area contributed by atoms with Crippen molar-refractivity contribution in [1.29, 1.82) is 0 Å². The molecule has 9 aliphatic rings. The van der Waals surface area contributed by atoms with Gasteiger partial charge in [0.15, 0.2) is 37.2 Å². The molecule has 0 aromatic rings. The Kier molecular flexibility index (Phi) is 22.9. The summed E-state index contributed by atoms with van der Waals surface area (Å²) in [6.07, 6.45) is -29.4. The van der Waals surface area contributed by atoms with Crippen LogP contribution in [-0.2, 0) is 61.8 Å². The summed E-state index contributed by atoms with van der Waals surface area (Å²) >= 11 is 0. The number of rotatable bonds is 20. The maximum absolute atomic E-state index is 13.0. The summed E-state index contributed by atoms with van der Waals surface area (Å²) in [7, 11) is 0. The van der Waals surface area contributed by atoms with Crippen LogP contribution in [0.5, 0.6) is 0 Å². The van der Waals surface area contributed by atoms with Crippen molar-refractivity contribution in [3.05, 3.63) is 22.8 Å². The number of aliphatic hydroxyl groups excluding tert-OH is 13. The average Bonchev–Trinajstić information content (AvgIpc) is 1.19. The number of carbonyl (C=O) groups is 3. The fourth-order valence-electron chi connectivity index (χ4n) is 17.0. The van der Waals surface area contributed by atoms with Gasteiger partial charge in [-0.25, -0.2) is 0 Å². The van der Waals surface area contributed by atoms with Crippen molar-refractivity contribution in [2.24, 2.45) is 39.9 Å². The summed E-state index contributed by atoms with van der Waals surface area (Å²) < 4.78 is 61.9. The Morgan fingerprint density at radius 1 is 0.578 bits per heavy atom. The minimum Gasteiger partial charge on any atom is -0.394 e. The van der Waals surface area contributed by atoms with Crippen LogP contribution in [0.2, 0.25) is 0 Å². The first kappa shape index (κ1) is 71.5. The maximum atomic E-state index is 13.0. The molecule has 4 aliphatic carbocycles. The number of fused-ring (bicyclic) bond motifs is 4. The van der Waals surface area contributed by atoms with E-state index in [1.165, 1.54) is 5.57 Å². The number of carbonyl (C=O) groups excluding carboxylic acids is 3. The molecule has 90 heavy (non-hydrogen) atoms. The lowest BCUT2D eigenvalue weighted by atomic mass is 9.45. The molecule has 7 fully saturated rings. The lowest BCUT2D eigenvalue weighted by molar-refractivity contribution is -0.379. The fraction of sp³-hybridized carbons (Fsp3) is 0.887. The molecule has 0 aromatic heterocycles. The Hall–Kier alpha value is -2.83. The van der Waals surface area contributed by atoms with Crippen LogP contribution in [0.1, 0.15) is 120 Å². The van der Waals surface area contributed by atoms with Crippen molar-refractivity contribution in [3.63, 3.8) is 0 Å². The number of allylic oxidation sites excluding steroid dienone is 4. The molecule has 28 heteroatoms. The monoisotopic (exact) mass is 1290 g/mol. The van der Waals surface area contributed by atoms with Gasteiger partial charge < -0.3 is 124 Å². The molecule has 5 saturated heterocycles. The van der Waals surface area contributed by atoms with Crippen molar-refractivity contribution >= 4 is 17.6 Å². The summed E-state index contributed by atoms with van der Waals surface area (Å²) in [5.74, 6) is -0.00445. The van der Waals surface area contributed by atoms with Gasteiger partial charge in [-0.05, 0) is 111 Å². The quantitative estimate of drug-likeness (QED) is 0.0436. The van der Waals surface area contributed by atoms with Gasteiger partial charge in [-0.2, -0.15) is 0 Å². The first-order chi connectivity index (χ1) is 42.4. The minimum absolute atomic E-state index is 0.0654. The van der Waals surface area contributed by atoms with Crippen LogP contribution in [0.3, 0.4) is 0 Å². The van der Waals surface area contributed by atoms with Crippen molar-refractivity contribution in [3.8, 4) is 0 Å². The third-order valence-electron chi connectivity index (χ3n) is 21.6. The van der Waals surface area contributed by atoms with Gasteiger partial charge in [-0.3, -0.25) is 14.4 Å². The second-order valence-electron chi connectivity index (χ2n) is 28.1. The van der Waals surface area contributed by atoms with E-state index in [4.69, 9.17) is 47.4 Å². The van der Waals surface area contributed by atoms with Gasteiger partial charge in [-0.15, -0.1) is 0 Å². The van der Waals surface area contributed by atoms with E-state index in [0.717, 1.165) is 64.4 Å². The molecule has 0 spiro atoms. The Labute approximate surface area is 524 Å². The Bertz CT molecular complexity index is 2540. The average molecular weight is 1290 g/mol. The number of amides is 2.